The zero-order valence-corrected chi connectivity index (χ0v) is 15.9. The molecule has 144 valence electrons. The van der Waals surface area contributed by atoms with Crippen molar-refractivity contribution in [2.45, 2.75) is 25.2 Å². The van der Waals surface area contributed by atoms with Gasteiger partial charge in [-0.3, -0.25) is 4.79 Å². The fourth-order valence-electron chi connectivity index (χ4n) is 3.53. The molecule has 1 aromatic heterocycles. The first-order chi connectivity index (χ1) is 13.7. The quantitative estimate of drug-likeness (QED) is 0.628. The van der Waals surface area contributed by atoms with Crippen molar-refractivity contribution in [2.24, 2.45) is 0 Å². The van der Waals surface area contributed by atoms with Gasteiger partial charge >= 0.3 is 0 Å². The monoisotopic (exact) mass is 377 g/mol. The Bertz CT molecular complexity index is 922. The van der Waals surface area contributed by atoms with Crippen LogP contribution in [0.15, 0.2) is 59.1 Å². The molecule has 1 aliphatic rings. The lowest BCUT2D eigenvalue weighted by Crippen LogP contribution is -2.26. The molecule has 1 unspecified atom stereocenters. The van der Waals surface area contributed by atoms with E-state index >= 15 is 0 Å². The van der Waals surface area contributed by atoms with Crippen LogP contribution < -0.4 is 4.74 Å². The minimum atomic E-state index is -0.0382. The Hall–Kier alpha value is -3.15. The highest BCUT2D eigenvalue weighted by molar-refractivity contribution is 5.79. The minimum absolute atomic E-state index is 0.0382. The summed E-state index contributed by atoms with van der Waals surface area (Å²) in [6, 6.07) is 17.8. The average molecular weight is 377 g/mol. The molecule has 0 aliphatic carbocycles. The smallest absolute Gasteiger partial charge is 0.232 e. The Morgan fingerprint density at radius 1 is 1.14 bits per heavy atom. The summed E-state index contributed by atoms with van der Waals surface area (Å²) < 4.78 is 10.6. The molecule has 1 amide bonds. The third kappa shape index (κ3) is 4.06. The van der Waals surface area contributed by atoms with E-state index in [2.05, 4.69) is 22.3 Å². The summed E-state index contributed by atoms with van der Waals surface area (Å²) in [5, 5.41) is 4.08. The van der Waals surface area contributed by atoms with E-state index in [1.165, 1.54) is 5.56 Å². The lowest BCUT2D eigenvalue weighted by Gasteiger charge is -2.15. The third-order valence-corrected chi connectivity index (χ3v) is 5.09. The number of methoxy groups -OCH3 is 1. The highest BCUT2D eigenvalue weighted by Crippen LogP contribution is 2.29. The fraction of sp³-hybridized carbons (Fsp3) is 0.318. The van der Waals surface area contributed by atoms with Crippen molar-refractivity contribution in [2.75, 3.05) is 20.2 Å². The first-order valence-electron chi connectivity index (χ1n) is 9.52. The highest BCUT2D eigenvalue weighted by atomic mass is 16.5. The predicted molar refractivity (Wildman–Crippen MR) is 105 cm³/mol. The molecule has 2 aromatic carbocycles. The van der Waals surface area contributed by atoms with Crippen LogP contribution in [0.2, 0.25) is 0 Å². The van der Waals surface area contributed by atoms with Crippen LogP contribution in [0.1, 0.15) is 30.2 Å². The summed E-state index contributed by atoms with van der Waals surface area (Å²) in [6.07, 6.45) is 2.34. The Morgan fingerprint density at radius 3 is 2.68 bits per heavy atom. The van der Waals surface area contributed by atoms with Crippen molar-refractivity contribution >= 4 is 5.91 Å². The van der Waals surface area contributed by atoms with Gasteiger partial charge in [0, 0.05) is 25.1 Å². The van der Waals surface area contributed by atoms with Crippen LogP contribution in [0.5, 0.6) is 5.75 Å². The van der Waals surface area contributed by atoms with Gasteiger partial charge in [-0.1, -0.05) is 35.5 Å². The lowest BCUT2D eigenvalue weighted by molar-refractivity contribution is -0.127. The molecular formula is C22H23N3O3. The van der Waals surface area contributed by atoms with Gasteiger partial charge in [0.2, 0.25) is 17.6 Å². The molecular weight excluding hydrogens is 354 g/mol. The van der Waals surface area contributed by atoms with Gasteiger partial charge < -0.3 is 14.2 Å². The number of hydrogen-bond acceptors (Lipinski definition) is 5. The molecule has 3 aromatic rings. The Morgan fingerprint density at radius 2 is 1.93 bits per heavy atom. The first-order valence-corrected chi connectivity index (χ1v) is 9.52. The van der Waals surface area contributed by atoms with Crippen LogP contribution >= 0.6 is 0 Å². The summed E-state index contributed by atoms with van der Waals surface area (Å²) in [6.45, 7) is 1.39. The molecule has 0 saturated carbocycles. The molecule has 1 aliphatic heterocycles. The zero-order valence-electron chi connectivity index (χ0n) is 15.9. The molecule has 0 N–H and O–H groups in total. The van der Waals surface area contributed by atoms with Crippen LogP contribution in [-0.4, -0.2) is 41.1 Å². The van der Waals surface area contributed by atoms with Crippen molar-refractivity contribution in [3.63, 3.8) is 0 Å². The number of rotatable bonds is 7. The van der Waals surface area contributed by atoms with E-state index in [1.54, 1.807) is 7.11 Å². The lowest BCUT2D eigenvalue weighted by atomic mass is 10.1. The van der Waals surface area contributed by atoms with Crippen LogP contribution in [-0.2, 0) is 11.2 Å². The topological polar surface area (TPSA) is 68.5 Å². The molecule has 6 nitrogen and oxygen atoms in total. The molecule has 1 saturated heterocycles. The summed E-state index contributed by atoms with van der Waals surface area (Å²) >= 11 is 0. The summed E-state index contributed by atoms with van der Waals surface area (Å²) in [5.74, 6) is 1.96. The number of aromatic nitrogens is 2. The van der Waals surface area contributed by atoms with E-state index in [1.807, 2.05) is 47.4 Å². The van der Waals surface area contributed by atoms with Gasteiger partial charge in [0.05, 0.1) is 13.0 Å². The number of carbonyl (C=O) groups is 1. The normalized spacial score (nSPS) is 16.5. The summed E-state index contributed by atoms with van der Waals surface area (Å²) in [5.41, 5.74) is 2.16. The predicted octanol–water partition coefficient (Wildman–Crippen LogP) is 3.69. The van der Waals surface area contributed by atoms with Gasteiger partial charge in [-0.2, -0.15) is 4.98 Å². The number of aryl methyl sites for hydroxylation is 1. The van der Waals surface area contributed by atoms with E-state index in [0.29, 0.717) is 24.7 Å². The molecule has 2 heterocycles. The van der Waals surface area contributed by atoms with E-state index in [9.17, 15) is 4.79 Å². The number of hydrogen-bond donors (Lipinski definition) is 0. The largest absolute Gasteiger partial charge is 0.497 e. The summed E-state index contributed by atoms with van der Waals surface area (Å²) in [4.78, 5) is 18.8. The number of amides is 1. The molecule has 1 fully saturated rings. The molecule has 0 spiro atoms. The molecule has 4 rings (SSSR count). The van der Waals surface area contributed by atoms with Crippen LogP contribution in [0, 0.1) is 0 Å². The van der Waals surface area contributed by atoms with E-state index in [4.69, 9.17) is 9.26 Å². The Labute approximate surface area is 164 Å². The van der Waals surface area contributed by atoms with Gasteiger partial charge in [0.25, 0.3) is 0 Å². The maximum atomic E-state index is 12.4. The number of nitrogens with zero attached hydrogens (tertiary/aromatic N) is 3. The average Bonchev–Trinajstić information content (AvgIpc) is 3.36. The standard InChI is InChI=1S/C22H23N3O3/c1-27-19-11-9-17(10-12-19)21-23-22(28-24-21)18-14-20(26)25(15-18)13-5-8-16-6-3-2-4-7-16/h2-4,6-7,9-12,18H,5,8,13-15H2,1H3. The van der Waals surface area contributed by atoms with E-state index in [0.717, 1.165) is 30.7 Å². The molecule has 6 heteroatoms. The fourth-order valence-corrected chi connectivity index (χ4v) is 3.53. The zero-order chi connectivity index (χ0) is 19.3. The second-order valence-electron chi connectivity index (χ2n) is 7.01. The number of carbonyl (C=O) groups excluding carboxylic acids is 1. The molecule has 28 heavy (non-hydrogen) atoms. The van der Waals surface area contributed by atoms with Crippen LogP contribution in [0.3, 0.4) is 0 Å². The molecule has 0 radical (unpaired) electrons. The van der Waals surface area contributed by atoms with Gasteiger partial charge in [-0.15, -0.1) is 0 Å². The van der Waals surface area contributed by atoms with Gasteiger partial charge in [0.15, 0.2) is 0 Å². The van der Waals surface area contributed by atoms with Gasteiger partial charge in [-0.05, 0) is 42.7 Å². The SMILES string of the molecule is COc1ccc(-c2noc(C3CC(=O)N(CCCc4ccccc4)C3)n2)cc1. The number of ether oxygens (including phenoxy) is 1. The number of benzene rings is 2. The minimum Gasteiger partial charge on any atom is -0.497 e. The van der Waals surface area contributed by atoms with E-state index in [-0.39, 0.29) is 11.8 Å². The van der Waals surface area contributed by atoms with Crippen molar-refractivity contribution in [1.82, 2.24) is 15.0 Å². The highest BCUT2D eigenvalue weighted by Gasteiger charge is 2.34. The maximum Gasteiger partial charge on any atom is 0.232 e. The Kier molecular flexibility index (Phi) is 5.37. The molecule has 1 atom stereocenters. The maximum absolute atomic E-state index is 12.4. The number of likely N-dealkylation sites (tertiary alicyclic amines) is 1. The van der Waals surface area contributed by atoms with Crippen molar-refractivity contribution in [3.05, 3.63) is 66.1 Å². The van der Waals surface area contributed by atoms with Gasteiger partial charge in [-0.25, -0.2) is 0 Å². The van der Waals surface area contributed by atoms with Crippen LogP contribution in [0.25, 0.3) is 11.4 Å². The first kappa shape index (κ1) is 18.2. The van der Waals surface area contributed by atoms with Crippen molar-refractivity contribution in [3.8, 4) is 17.1 Å². The van der Waals surface area contributed by atoms with Crippen molar-refractivity contribution < 1.29 is 14.1 Å². The van der Waals surface area contributed by atoms with Crippen LogP contribution in [0.4, 0.5) is 0 Å². The second-order valence-corrected chi connectivity index (χ2v) is 7.01. The second kappa shape index (κ2) is 8.25. The Balaban J connectivity index is 1.35. The summed E-state index contributed by atoms with van der Waals surface area (Å²) in [7, 11) is 1.63. The molecule has 0 bridgehead atoms. The third-order valence-electron chi connectivity index (χ3n) is 5.09. The van der Waals surface area contributed by atoms with Crippen molar-refractivity contribution in [1.29, 1.82) is 0 Å². The van der Waals surface area contributed by atoms with Gasteiger partial charge in [0.1, 0.15) is 5.75 Å². The van der Waals surface area contributed by atoms with E-state index < -0.39 is 0 Å².